The van der Waals surface area contributed by atoms with Crippen molar-refractivity contribution in [3.63, 3.8) is 0 Å². The van der Waals surface area contributed by atoms with Crippen LogP contribution in [-0.4, -0.2) is 9.78 Å². The third kappa shape index (κ3) is 2.26. The number of nitrogens with zero attached hydrogens (tertiary/aromatic N) is 2. The van der Waals surface area contributed by atoms with Gasteiger partial charge in [-0.1, -0.05) is 18.2 Å². The normalized spacial score (nSPS) is 12.7. The number of aryl methyl sites for hydroxylation is 1. The van der Waals surface area contributed by atoms with Gasteiger partial charge in [-0.05, 0) is 40.3 Å². The molecule has 84 valence electrons. The van der Waals surface area contributed by atoms with Crippen molar-refractivity contribution in [2.24, 2.45) is 12.9 Å². The number of halogens is 1. The fourth-order valence-electron chi connectivity index (χ4n) is 1.63. The summed E-state index contributed by atoms with van der Waals surface area (Å²) < 4.78 is 2.95. The maximum absolute atomic E-state index is 5.61. The molecule has 0 spiro atoms. The molecule has 0 saturated heterocycles. The zero-order valence-corrected chi connectivity index (χ0v) is 11.0. The van der Waals surface area contributed by atoms with Crippen LogP contribution in [0.25, 0.3) is 0 Å². The van der Waals surface area contributed by atoms with Gasteiger partial charge in [-0.3, -0.25) is 10.5 Å². The monoisotopic (exact) mass is 328 g/mol. The molecular formula is C11H13IN4. The first kappa shape index (κ1) is 11.6. The second kappa shape index (κ2) is 4.94. The quantitative estimate of drug-likeness (QED) is 0.511. The van der Waals surface area contributed by atoms with E-state index in [0.717, 1.165) is 11.3 Å². The van der Waals surface area contributed by atoms with Gasteiger partial charge < -0.3 is 0 Å². The van der Waals surface area contributed by atoms with E-state index in [2.05, 4.69) is 45.2 Å². The number of aromatic nitrogens is 2. The van der Waals surface area contributed by atoms with Gasteiger partial charge >= 0.3 is 0 Å². The molecule has 1 unspecified atom stereocenters. The minimum atomic E-state index is -0.0608. The number of nitrogens with one attached hydrogen (secondary N) is 1. The SMILES string of the molecule is Cn1ccc(C(NN)c2ccccc2I)n1. The van der Waals surface area contributed by atoms with Crippen LogP contribution in [0.4, 0.5) is 0 Å². The van der Waals surface area contributed by atoms with E-state index < -0.39 is 0 Å². The highest BCUT2D eigenvalue weighted by molar-refractivity contribution is 14.1. The third-order valence-electron chi connectivity index (χ3n) is 2.41. The van der Waals surface area contributed by atoms with Crippen molar-refractivity contribution in [3.05, 3.63) is 51.4 Å². The van der Waals surface area contributed by atoms with Gasteiger partial charge in [0.1, 0.15) is 0 Å². The summed E-state index contributed by atoms with van der Waals surface area (Å²) in [6, 6.07) is 10.0. The Hall–Kier alpha value is -0.920. The molecule has 1 atom stereocenters. The molecule has 1 heterocycles. The Balaban J connectivity index is 2.40. The Morgan fingerprint density at radius 1 is 1.38 bits per heavy atom. The zero-order chi connectivity index (χ0) is 11.5. The molecule has 2 rings (SSSR count). The fraction of sp³-hybridized carbons (Fsp3) is 0.182. The standard InChI is InChI=1S/C11H13IN4/c1-16-7-6-10(15-16)11(14-13)8-4-2-3-5-9(8)12/h2-7,11,14H,13H2,1H3. The van der Waals surface area contributed by atoms with Crippen molar-refractivity contribution in [3.8, 4) is 0 Å². The maximum Gasteiger partial charge on any atom is 0.0910 e. The summed E-state index contributed by atoms with van der Waals surface area (Å²) in [7, 11) is 1.90. The molecule has 0 fully saturated rings. The number of hydrazine groups is 1. The predicted octanol–water partition coefficient (Wildman–Crippen LogP) is 1.58. The number of hydrogen-bond acceptors (Lipinski definition) is 3. The maximum atomic E-state index is 5.61. The van der Waals surface area contributed by atoms with E-state index in [0.29, 0.717) is 0 Å². The van der Waals surface area contributed by atoms with Crippen molar-refractivity contribution >= 4 is 22.6 Å². The van der Waals surface area contributed by atoms with Gasteiger partial charge in [0, 0.05) is 16.8 Å². The van der Waals surface area contributed by atoms with Gasteiger partial charge in [0.25, 0.3) is 0 Å². The van der Waals surface area contributed by atoms with Gasteiger partial charge in [-0.2, -0.15) is 5.10 Å². The molecule has 0 saturated carbocycles. The molecule has 0 amide bonds. The van der Waals surface area contributed by atoms with Gasteiger partial charge in [-0.15, -0.1) is 0 Å². The van der Waals surface area contributed by atoms with Gasteiger partial charge in [-0.25, -0.2) is 5.43 Å². The Morgan fingerprint density at radius 2 is 2.12 bits per heavy atom. The number of nitrogens with two attached hydrogens (primary N) is 1. The third-order valence-corrected chi connectivity index (χ3v) is 3.40. The van der Waals surface area contributed by atoms with Crippen molar-refractivity contribution in [1.82, 2.24) is 15.2 Å². The van der Waals surface area contributed by atoms with Gasteiger partial charge in [0.15, 0.2) is 0 Å². The predicted molar refractivity (Wildman–Crippen MR) is 71.5 cm³/mol. The minimum absolute atomic E-state index is 0.0608. The average molecular weight is 328 g/mol. The molecule has 5 heteroatoms. The van der Waals surface area contributed by atoms with Crippen LogP contribution in [0, 0.1) is 3.57 Å². The van der Waals surface area contributed by atoms with E-state index in [1.807, 2.05) is 31.4 Å². The molecule has 0 aliphatic carbocycles. The van der Waals surface area contributed by atoms with E-state index in [-0.39, 0.29) is 6.04 Å². The molecule has 16 heavy (non-hydrogen) atoms. The largest absolute Gasteiger partial charge is 0.275 e. The zero-order valence-electron chi connectivity index (χ0n) is 8.89. The lowest BCUT2D eigenvalue weighted by atomic mass is 10.1. The van der Waals surface area contributed by atoms with Crippen LogP contribution in [0.1, 0.15) is 17.3 Å². The summed E-state index contributed by atoms with van der Waals surface area (Å²) in [5.41, 5.74) is 4.88. The molecule has 0 radical (unpaired) electrons. The van der Waals surface area contributed by atoms with Crippen molar-refractivity contribution in [2.45, 2.75) is 6.04 Å². The number of hydrogen-bond donors (Lipinski definition) is 2. The summed E-state index contributed by atoms with van der Waals surface area (Å²) >= 11 is 2.30. The summed E-state index contributed by atoms with van der Waals surface area (Å²) in [6.07, 6.45) is 1.91. The van der Waals surface area contributed by atoms with E-state index in [9.17, 15) is 0 Å². The average Bonchev–Trinajstić information content (AvgIpc) is 2.69. The summed E-state index contributed by atoms with van der Waals surface area (Å²) in [5.74, 6) is 5.61. The van der Waals surface area contributed by atoms with Crippen molar-refractivity contribution in [1.29, 1.82) is 0 Å². The van der Waals surface area contributed by atoms with Crippen LogP contribution in [0.15, 0.2) is 36.5 Å². The lowest BCUT2D eigenvalue weighted by Gasteiger charge is -2.15. The van der Waals surface area contributed by atoms with Crippen molar-refractivity contribution in [2.75, 3.05) is 0 Å². The van der Waals surface area contributed by atoms with Crippen LogP contribution in [-0.2, 0) is 7.05 Å². The topological polar surface area (TPSA) is 55.9 Å². The lowest BCUT2D eigenvalue weighted by molar-refractivity contribution is 0.601. The molecule has 3 N–H and O–H groups in total. The van der Waals surface area contributed by atoms with E-state index in [4.69, 9.17) is 5.84 Å². The molecule has 1 aromatic heterocycles. The Morgan fingerprint density at radius 3 is 2.69 bits per heavy atom. The molecule has 0 aliphatic rings. The van der Waals surface area contributed by atoms with E-state index in [1.54, 1.807) is 4.68 Å². The first-order valence-electron chi connectivity index (χ1n) is 4.92. The summed E-state index contributed by atoms with van der Waals surface area (Å²) in [6.45, 7) is 0. The highest BCUT2D eigenvalue weighted by atomic mass is 127. The second-order valence-electron chi connectivity index (χ2n) is 3.54. The molecule has 0 aliphatic heterocycles. The number of rotatable bonds is 3. The summed E-state index contributed by atoms with van der Waals surface area (Å²) in [4.78, 5) is 0. The van der Waals surface area contributed by atoms with E-state index in [1.165, 1.54) is 3.57 Å². The lowest BCUT2D eigenvalue weighted by Crippen LogP contribution is -2.29. The first-order valence-corrected chi connectivity index (χ1v) is 6.00. The molecular weight excluding hydrogens is 315 g/mol. The Labute approximate surface area is 108 Å². The van der Waals surface area contributed by atoms with Gasteiger partial charge in [0.05, 0.1) is 11.7 Å². The van der Waals surface area contributed by atoms with E-state index >= 15 is 0 Å². The molecule has 1 aromatic carbocycles. The fourth-order valence-corrected chi connectivity index (χ4v) is 2.33. The van der Waals surface area contributed by atoms with Crippen LogP contribution in [0.5, 0.6) is 0 Å². The number of benzene rings is 1. The first-order chi connectivity index (χ1) is 7.72. The highest BCUT2D eigenvalue weighted by Gasteiger charge is 2.16. The van der Waals surface area contributed by atoms with Crippen LogP contribution >= 0.6 is 22.6 Å². The van der Waals surface area contributed by atoms with Gasteiger partial charge in [0.2, 0.25) is 0 Å². The van der Waals surface area contributed by atoms with Crippen molar-refractivity contribution < 1.29 is 0 Å². The van der Waals surface area contributed by atoms with Crippen LogP contribution in [0.3, 0.4) is 0 Å². The smallest absolute Gasteiger partial charge is 0.0910 e. The second-order valence-corrected chi connectivity index (χ2v) is 4.70. The van der Waals surface area contributed by atoms with Crippen LogP contribution in [0.2, 0.25) is 0 Å². The Kier molecular flexibility index (Phi) is 3.57. The van der Waals surface area contributed by atoms with Crippen LogP contribution < -0.4 is 11.3 Å². The molecule has 0 bridgehead atoms. The molecule has 2 aromatic rings. The summed E-state index contributed by atoms with van der Waals surface area (Å²) in [5, 5.41) is 4.37. The molecule has 4 nitrogen and oxygen atoms in total. The Bertz CT molecular complexity index is 480. The minimum Gasteiger partial charge on any atom is -0.275 e. The highest BCUT2D eigenvalue weighted by Crippen LogP contribution is 2.24.